The van der Waals surface area contributed by atoms with E-state index in [4.69, 9.17) is 9.47 Å². The molecule has 19 heavy (non-hydrogen) atoms. The third kappa shape index (κ3) is 4.24. The Morgan fingerprint density at radius 3 is 3.11 bits per heavy atom. The van der Waals surface area contributed by atoms with Crippen molar-refractivity contribution in [3.05, 3.63) is 29.8 Å². The lowest BCUT2D eigenvalue weighted by atomic mass is 10.1. The molecule has 0 saturated heterocycles. The second-order valence-electron chi connectivity index (χ2n) is 4.66. The summed E-state index contributed by atoms with van der Waals surface area (Å²) in [4.78, 5) is 11.1. The van der Waals surface area contributed by atoms with Gasteiger partial charge in [-0.3, -0.25) is 4.79 Å². The molecule has 1 aromatic carbocycles. The highest BCUT2D eigenvalue weighted by Gasteiger charge is 2.21. The first-order valence-electron chi connectivity index (χ1n) is 6.90. The van der Waals surface area contributed by atoms with Crippen LogP contribution in [0.2, 0.25) is 0 Å². The van der Waals surface area contributed by atoms with Gasteiger partial charge in [0.15, 0.2) is 0 Å². The minimum atomic E-state index is -0.117. The number of nitrogens with one attached hydrogen (secondary N) is 1. The average molecular weight is 263 g/mol. The number of carbonyl (C=O) groups excluding carboxylic acids is 1. The molecule has 0 saturated carbocycles. The maximum absolute atomic E-state index is 11.1. The van der Waals surface area contributed by atoms with Crippen molar-refractivity contribution in [2.45, 2.75) is 32.3 Å². The van der Waals surface area contributed by atoms with Crippen LogP contribution in [0, 0.1) is 0 Å². The molecule has 0 radical (unpaired) electrons. The van der Waals surface area contributed by atoms with Crippen molar-refractivity contribution in [3.8, 4) is 5.75 Å². The topological polar surface area (TPSA) is 47.6 Å². The number of hydrogen-bond donors (Lipinski definition) is 1. The number of fused-ring (bicyclic) bond motifs is 1. The lowest BCUT2D eigenvalue weighted by Gasteiger charge is -2.11. The normalized spacial score (nSPS) is 16.8. The number of carbonyl (C=O) groups is 1. The van der Waals surface area contributed by atoms with Crippen LogP contribution in [0.3, 0.4) is 0 Å². The van der Waals surface area contributed by atoms with Crippen molar-refractivity contribution in [1.82, 2.24) is 5.32 Å². The Kier molecular flexibility index (Phi) is 5.21. The van der Waals surface area contributed by atoms with Gasteiger partial charge in [-0.25, -0.2) is 0 Å². The first kappa shape index (κ1) is 13.9. The maximum atomic E-state index is 11.1. The molecular weight excluding hydrogens is 242 g/mol. The predicted octanol–water partition coefficient (Wildman–Crippen LogP) is 1.92. The lowest BCUT2D eigenvalue weighted by molar-refractivity contribution is -0.143. The van der Waals surface area contributed by atoms with Gasteiger partial charge in [-0.1, -0.05) is 18.2 Å². The third-order valence-corrected chi connectivity index (χ3v) is 3.13. The Bertz CT molecular complexity index is 395. The summed E-state index contributed by atoms with van der Waals surface area (Å²) in [7, 11) is 0. The molecule has 1 aromatic rings. The van der Waals surface area contributed by atoms with E-state index in [2.05, 4.69) is 11.4 Å². The van der Waals surface area contributed by atoms with E-state index in [0.29, 0.717) is 13.0 Å². The highest BCUT2D eigenvalue weighted by Crippen LogP contribution is 2.27. The fourth-order valence-corrected chi connectivity index (χ4v) is 2.22. The molecule has 1 unspecified atom stereocenters. The molecule has 4 nitrogen and oxygen atoms in total. The van der Waals surface area contributed by atoms with Crippen LogP contribution >= 0.6 is 0 Å². The molecule has 1 aliphatic rings. The molecule has 0 spiro atoms. The average Bonchev–Trinajstić information content (AvgIpc) is 2.81. The molecule has 0 amide bonds. The minimum Gasteiger partial charge on any atom is -0.488 e. The summed E-state index contributed by atoms with van der Waals surface area (Å²) < 4.78 is 10.7. The molecule has 4 heteroatoms. The minimum absolute atomic E-state index is 0.117. The van der Waals surface area contributed by atoms with E-state index >= 15 is 0 Å². The zero-order valence-corrected chi connectivity index (χ0v) is 11.4. The molecule has 0 aliphatic carbocycles. The SMILES string of the molecule is CCOC(=O)CCCNCC1Cc2ccccc2O1. The highest BCUT2D eigenvalue weighted by molar-refractivity contribution is 5.69. The number of hydrogen-bond acceptors (Lipinski definition) is 4. The van der Waals surface area contributed by atoms with Crippen LogP contribution < -0.4 is 10.1 Å². The molecule has 104 valence electrons. The van der Waals surface area contributed by atoms with Crippen molar-refractivity contribution in [1.29, 1.82) is 0 Å². The molecule has 0 bridgehead atoms. The van der Waals surface area contributed by atoms with Gasteiger partial charge < -0.3 is 14.8 Å². The molecule has 2 rings (SSSR count). The van der Waals surface area contributed by atoms with Gasteiger partial charge in [-0.15, -0.1) is 0 Å². The summed E-state index contributed by atoms with van der Waals surface area (Å²) in [6.07, 6.45) is 2.45. The van der Waals surface area contributed by atoms with Gasteiger partial charge in [-0.05, 0) is 31.5 Å². The van der Waals surface area contributed by atoms with Gasteiger partial charge in [0.05, 0.1) is 6.61 Å². The molecule has 1 N–H and O–H groups in total. The van der Waals surface area contributed by atoms with Crippen LogP contribution in [0.5, 0.6) is 5.75 Å². The first-order chi connectivity index (χ1) is 9.29. The van der Waals surface area contributed by atoms with Gasteiger partial charge in [0.25, 0.3) is 0 Å². The fourth-order valence-electron chi connectivity index (χ4n) is 2.22. The zero-order chi connectivity index (χ0) is 13.5. The fraction of sp³-hybridized carbons (Fsp3) is 0.533. The van der Waals surface area contributed by atoms with Gasteiger partial charge in [-0.2, -0.15) is 0 Å². The van der Waals surface area contributed by atoms with E-state index in [1.54, 1.807) is 0 Å². The largest absolute Gasteiger partial charge is 0.488 e. The molecule has 1 aliphatic heterocycles. The number of ether oxygens (including phenoxy) is 2. The van der Waals surface area contributed by atoms with Crippen molar-refractivity contribution >= 4 is 5.97 Å². The number of para-hydroxylation sites is 1. The second kappa shape index (κ2) is 7.14. The van der Waals surface area contributed by atoms with Crippen LogP contribution in [0.1, 0.15) is 25.3 Å². The number of rotatable bonds is 7. The summed E-state index contributed by atoms with van der Waals surface area (Å²) >= 11 is 0. The van der Waals surface area contributed by atoms with Crippen LogP contribution in [-0.4, -0.2) is 31.8 Å². The Morgan fingerprint density at radius 2 is 2.32 bits per heavy atom. The summed E-state index contributed by atoms with van der Waals surface area (Å²) in [6.45, 7) is 3.91. The monoisotopic (exact) mass is 263 g/mol. The smallest absolute Gasteiger partial charge is 0.305 e. The second-order valence-corrected chi connectivity index (χ2v) is 4.66. The van der Waals surface area contributed by atoms with Gasteiger partial charge in [0, 0.05) is 19.4 Å². The summed E-state index contributed by atoms with van der Waals surface area (Å²) in [5, 5.41) is 3.33. The molecular formula is C15H21NO3. The standard InChI is InChI=1S/C15H21NO3/c1-2-18-15(17)8-5-9-16-11-13-10-12-6-3-4-7-14(12)19-13/h3-4,6-7,13,16H,2,5,8-11H2,1H3. The van der Waals surface area contributed by atoms with Gasteiger partial charge in [0.1, 0.15) is 11.9 Å². The van der Waals surface area contributed by atoms with Gasteiger partial charge in [0.2, 0.25) is 0 Å². The maximum Gasteiger partial charge on any atom is 0.305 e. The Balaban J connectivity index is 1.57. The zero-order valence-electron chi connectivity index (χ0n) is 11.4. The van der Waals surface area contributed by atoms with E-state index in [9.17, 15) is 4.79 Å². The molecule has 1 heterocycles. The molecule has 0 fully saturated rings. The summed E-state index contributed by atoms with van der Waals surface area (Å²) in [5.41, 5.74) is 1.28. The van der Waals surface area contributed by atoms with Crippen molar-refractivity contribution in [2.24, 2.45) is 0 Å². The first-order valence-corrected chi connectivity index (χ1v) is 6.90. The van der Waals surface area contributed by atoms with E-state index in [-0.39, 0.29) is 12.1 Å². The number of benzene rings is 1. The van der Waals surface area contributed by atoms with Crippen molar-refractivity contribution in [2.75, 3.05) is 19.7 Å². The van der Waals surface area contributed by atoms with E-state index in [0.717, 1.165) is 31.7 Å². The lowest BCUT2D eigenvalue weighted by Crippen LogP contribution is -2.30. The Morgan fingerprint density at radius 1 is 1.47 bits per heavy atom. The Hall–Kier alpha value is -1.55. The third-order valence-electron chi connectivity index (χ3n) is 3.13. The van der Waals surface area contributed by atoms with Crippen LogP contribution in [0.15, 0.2) is 24.3 Å². The van der Waals surface area contributed by atoms with Crippen molar-refractivity contribution in [3.63, 3.8) is 0 Å². The quantitative estimate of drug-likeness (QED) is 0.603. The predicted molar refractivity (Wildman–Crippen MR) is 73.3 cm³/mol. The Labute approximate surface area is 114 Å². The van der Waals surface area contributed by atoms with Crippen LogP contribution in [0.25, 0.3) is 0 Å². The number of esters is 1. The molecule has 1 atom stereocenters. The van der Waals surface area contributed by atoms with Crippen molar-refractivity contribution < 1.29 is 14.3 Å². The van der Waals surface area contributed by atoms with Crippen LogP contribution in [-0.2, 0) is 16.0 Å². The van der Waals surface area contributed by atoms with E-state index in [1.165, 1.54) is 5.56 Å². The summed E-state index contributed by atoms with van der Waals surface area (Å²) in [6, 6.07) is 8.15. The van der Waals surface area contributed by atoms with Crippen LogP contribution in [0.4, 0.5) is 0 Å². The molecule has 0 aromatic heterocycles. The summed E-state index contributed by atoms with van der Waals surface area (Å²) in [5.74, 6) is 0.884. The van der Waals surface area contributed by atoms with Gasteiger partial charge >= 0.3 is 5.97 Å². The van der Waals surface area contributed by atoms with E-state index in [1.807, 2.05) is 25.1 Å². The van der Waals surface area contributed by atoms with E-state index < -0.39 is 0 Å². The highest BCUT2D eigenvalue weighted by atomic mass is 16.5.